The summed E-state index contributed by atoms with van der Waals surface area (Å²) in [4.78, 5) is 2.50. The fourth-order valence-corrected chi connectivity index (χ4v) is 3.64. The summed E-state index contributed by atoms with van der Waals surface area (Å²) in [5.41, 5.74) is 2.94. The molecule has 0 aromatic heterocycles. The number of hydrogen-bond donors (Lipinski definition) is 1. The predicted molar refractivity (Wildman–Crippen MR) is 80.7 cm³/mol. The van der Waals surface area contributed by atoms with Gasteiger partial charge in [-0.25, -0.2) is 0 Å². The van der Waals surface area contributed by atoms with E-state index in [2.05, 4.69) is 47.7 Å². The molecule has 1 N–H and O–H groups in total. The molecule has 0 aromatic carbocycles. The van der Waals surface area contributed by atoms with Gasteiger partial charge in [0.1, 0.15) is 0 Å². The van der Waals surface area contributed by atoms with Gasteiger partial charge in [-0.2, -0.15) is 0 Å². The van der Waals surface area contributed by atoms with Gasteiger partial charge < -0.3 is 0 Å². The molecular weight excluding hydrogens is 232 g/mol. The summed E-state index contributed by atoms with van der Waals surface area (Å²) >= 11 is 0. The van der Waals surface area contributed by atoms with Crippen molar-refractivity contribution >= 4 is 0 Å². The number of nitrogens with one attached hydrogen (secondary N) is 1. The molecular formula is C17H22N2. The van der Waals surface area contributed by atoms with Crippen molar-refractivity contribution in [3.05, 3.63) is 60.8 Å². The average molecular weight is 254 g/mol. The lowest BCUT2D eigenvalue weighted by atomic mass is 9.72. The molecule has 3 unspecified atom stereocenters. The summed E-state index contributed by atoms with van der Waals surface area (Å²) in [6.45, 7) is 9.68. The van der Waals surface area contributed by atoms with Gasteiger partial charge in [-0.3, -0.25) is 10.2 Å². The molecule has 0 amide bonds. The fraction of sp³-hybridized carbons (Fsp3) is 0.412. The van der Waals surface area contributed by atoms with Crippen molar-refractivity contribution in [1.82, 2.24) is 10.2 Å². The van der Waals surface area contributed by atoms with Gasteiger partial charge >= 0.3 is 0 Å². The highest BCUT2D eigenvalue weighted by Gasteiger charge is 2.41. The number of hydrogen-bond acceptors (Lipinski definition) is 2. The molecule has 2 nitrogen and oxygen atoms in total. The smallest absolute Gasteiger partial charge is 0.0491 e. The Labute approximate surface area is 115 Å². The van der Waals surface area contributed by atoms with Crippen molar-refractivity contribution in [2.75, 3.05) is 13.2 Å². The van der Waals surface area contributed by atoms with E-state index >= 15 is 0 Å². The Hall–Kier alpha value is -1.38. The molecule has 0 radical (unpaired) electrons. The van der Waals surface area contributed by atoms with Crippen molar-refractivity contribution in [3.8, 4) is 0 Å². The van der Waals surface area contributed by atoms with E-state index < -0.39 is 0 Å². The van der Waals surface area contributed by atoms with Crippen LogP contribution >= 0.6 is 0 Å². The van der Waals surface area contributed by atoms with Crippen LogP contribution in [0, 0.1) is 5.92 Å². The second kappa shape index (κ2) is 5.32. The largest absolute Gasteiger partial charge is 0.297 e. The molecule has 2 heteroatoms. The number of nitrogens with zero attached hydrogens (tertiary/aromatic N) is 1. The van der Waals surface area contributed by atoms with Crippen LogP contribution in [0.5, 0.6) is 0 Å². The summed E-state index contributed by atoms with van der Waals surface area (Å²) in [5, 5.41) is 3.71. The van der Waals surface area contributed by atoms with Crippen molar-refractivity contribution in [2.45, 2.75) is 24.9 Å². The van der Waals surface area contributed by atoms with Crippen molar-refractivity contribution in [1.29, 1.82) is 0 Å². The van der Waals surface area contributed by atoms with Gasteiger partial charge in [-0.15, -0.1) is 13.2 Å². The second-order valence-corrected chi connectivity index (χ2v) is 5.53. The summed E-state index contributed by atoms with van der Waals surface area (Å²) in [6.07, 6.45) is 15.3. The molecule has 1 fully saturated rings. The van der Waals surface area contributed by atoms with Gasteiger partial charge in [-0.05, 0) is 24.0 Å². The van der Waals surface area contributed by atoms with Crippen LogP contribution in [0.4, 0.5) is 0 Å². The lowest BCUT2D eigenvalue weighted by Gasteiger charge is -2.49. The van der Waals surface area contributed by atoms with Crippen LogP contribution in [0.25, 0.3) is 0 Å². The Bertz CT molecular complexity index is 470. The first-order valence-electron chi connectivity index (χ1n) is 7.11. The molecule has 0 spiro atoms. The molecule has 1 saturated heterocycles. The zero-order valence-corrected chi connectivity index (χ0v) is 11.4. The van der Waals surface area contributed by atoms with Gasteiger partial charge in [0.15, 0.2) is 0 Å². The van der Waals surface area contributed by atoms with Gasteiger partial charge in [0, 0.05) is 31.2 Å². The van der Waals surface area contributed by atoms with Gasteiger partial charge in [0.2, 0.25) is 0 Å². The van der Waals surface area contributed by atoms with Crippen molar-refractivity contribution < 1.29 is 0 Å². The van der Waals surface area contributed by atoms with Crippen LogP contribution in [0.3, 0.4) is 0 Å². The maximum absolute atomic E-state index is 3.88. The third-order valence-electron chi connectivity index (χ3n) is 4.46. The topological polar surface area (TPSA) is 15.3 Å². The van der Waals surface area contributed by atoms with Crippen LogP contribution in [0.2, 0.25) is 0 Å². The molecule has 0 bridgehead atoms. The van der Waals surface area contributed by atoms with Crippen LogP contribution in [-0.2, 0) is 0 Å². The van der Waals surface area contributed by atoms with Crippen LogP contribution < -0.4 is 5.32 Å². The minimum Gasteiger partial charge on any atom is -0.297 e. The van der Waals surface area contributed by atoms with E-state index in [0.717, 1.165) is 26.1 Å². The van der Waals surface area contributed by atoms with Gasteiger partial charge in [0.25, 0.3) is 0 Å². The Balaban J connectivity index is 1.92. The lowest BCUT2D eigenvalue weighted by molar-refractivity contribution is 0.0904. The first-order valence-corrected chi connectivity index (χ1v) is 7.11. The summed E-state index contributed by atoms with van der Waals surface area (Å²) in [6, 6.07) is 1.09. The summed E-state index contributed by atoms with van der Waals surface area (Å²) in [5.74, 6) is 0.582. The van der Waals surface area contributed by atoms with Crippen LogP contribution in [0.15, 0.2) is 60.8 Å². The van der Waals surface area contributed by atoms with Gasteiger partial charge in [-0.1, -0.05) is 36.5 Å². The molecule has 1 aliphatic heterocycles. The third-order valence-corrected chi connectivity index (χ3v) is 4.46. The van der Waals surface area contributed by atoms with Crippen LogP contribution in [0.1, 0.15) is 12.8 Å². The minimum absolute atomic E-state index is 0.481. The van der Waals surface area contributed by atoms with E-state index in [1.807, 2.05) is 12.2 Å². The molecule has 0 aromatic rings. The Morgan fingerprint density at radius 2 is 2.21 bits per heavy atom. The Morgan fingerprint density at radius 3 is 3.00 bits per heavy atom. The first kappa shape index (κ1) is 12.6. The number of allylic oxidation sites excluding steroid dienone is 4. The number of rotatable bonds is 4. The molecule has 100 valence electrons. The zero-order chi connectivity index (χ0) is 13.2. The van der Waals surface area contributed by atoms with E-state index in [4.69, 9.17) is 0 Å². The van der Waals surface area contributed by atoms with E-state index in [-0.39, 0.29) is 0 Å². The molecule has 0 saturated carbocycles. The second-order valence-electron chi connectivity index (χ2n) is 5.53. The fourth-order valence-electron chi connectivity index (χ4n) is 3.64. The molecule has 2 aliphatic carbocycles. The van der Waals surface area contributed by atoms with E-state index in [1.54, 1.807) is 0 Å². The molecule has 3 atom stereocenters. The lowest BCUT2D eigenvalue weighted by Crippen LogP contribution is -2.61. The normalized spacial score (nSPS) is 33.2. The maximum Gasteiger partial charge on any atom is 0.0491 e. The average Bonchev–Trinajstić information content (AvgIpc) is 2.44. The highest BCUT2D eigenvalue weighted by Crippen LogP contribution is 2.39. The maximum atomic E-state index is 3.88. The molecule has 19 heavy (non-hydrogen) atoms. The van der Waals surface area contributed by atoms with E-state index in [1.165, 1.54) is 11.1 Å². The SMILES string of the molecule is C=CCC1=CC=C2C=CCC3C2C1NCN3CC=C. The first-order chi connectivity index (χ1) is 9.35. The van der Waals surface area contributed by atoms with Crippen LogP contribution in [-0.4, -0.2) is 30.2 Å². The van der Waals surface area contributed by atoms with E-state index in [9.17, 15) is 0 Å². The molecule has 1 heterocycles. The highest BCUT2D eigenvalue weighted by molar-refractivity contribution is 5.42. The standard InChI is InChI=1S/C17H22N2/c1-3-6-14-10-9-13-7-5-8-15-16(13)17(14)18-12-19(15)11-4-2/h3-5,7,9-10,15-18H,1-2,6,8,11-12H2. The van der Waals surface area contributed by atoms with Gasteiger partial charge in [0.05, 0.1) is 0 Å². The minimum atomic E-state index is 0.481. The molecule has 3 rings (SSSR count). The Kier molecular flexibility index (Phi) is 3.54. The third kappa shape index (κ3) is 2.15. The monoisotopic (exact) mass is 254 g/mol. The zero-order valence-electron chi connectivity index (χ0n) is 11.4. The van der Waals surface area contributed by atoms with Crippen molar-refractivity contribution in [3.63, 3.8) is 0 Å². The predicted octanol–water partition coefficient (Wildman–Crippen LogP) is 2.79. The summed E-state index contributed by atoms with van der Waals surface area (Å²) < 4.78 is 0. The van der Waals surface area contributed by atoms with Crippen molar-refractivity contribution in [2.24, 2.45) is 5.92 Å². The highest BCUT2D eigenvalue weighted by atomic mass is 15.3. The quantitative estimate of drug-likeness (QED) is 0.776. The molecule has 3 aliphatic rings. The Morgan fingerprint density at radius 1 is 1.32 bits per heavy atom. The van der Waals surface area contributed by atoms with E-state index in [0.29, 0.717) is 18.0 Å². The summed E-state index contributed by atoms with van der Waals surface area (Å²) in [7, 11) is 0.